The third-order valence-corrected chi connectivity index (χ3v) is 6.94. The van der Waals surface area contributed by atoms with Gasteiger partial charge in [-0.3, -0.25) is 19.4 Å². The van der Waals surface area contributed by atoms with Crippen LogP contribution in [0.5, 0.6) is 23.0 Å². The van der Waals surface area contributed by atoms with Crippen LogP contribution < -0.4 is 30.6 Å². The minimum absolute atomic E-state index is 0.105. The third kappa shape index (κ3) is 6.64. The Hall–Kier alpha value is -5.26. The zero-order chi connectivity index (χ0) is 30.6. The number of anilines is 2. The van der Waals surface area contributed by atoms with Crippen LogP contribution in [-0.2, 0) is 14.4 Å². The average Bonchev–Trinajstić information content (AvgIpc) is 3.80. The Morgan fingerprint density at radius 2 is 1.58 bits per heavy atom. The minimum Gasteiger partial charge on any atom is -0.493 e. The quantitative estimate of drug-likeness (QED) is 0.150. The minimum atomic E-state index is -1.29. The number of aromatic nitrogens is 1. The highest BCUT2D eigenvalue weighted by molar-refractivity contribution is 6.16. The van der Waals surface area contributed by atoms with E-state index in [4.69, 9.17) is 19.9 Å². The normalized spacial score (nSPS) is 13.2. The van der Waals surface area contributed by atoms with Crippen LogP contribution in [0.25, 0.3) is 10.9 Å². The molecule has 1 heterocycles. The number of ether oxygens (including phenoxy) is 3. The van der Waals surface area contributed by atoms with E-state index < -0.39 is 34.8 Å². The Balaban J connectivity index is 1.27. The third-order valence-electron chi connectivity index (χ3n) is 6.94. The molecule has 1 fully saturated rings. The molecule has 4 aromatic rings. The molecular weight excluding hydrogens is 562 g/mol. The molecule has 1 aliphatic rings. The first kappa shape index (κ1) is 29.2. The van der Waals surface area contributed by atoms with Crippen molar-refractivity contribution in [2.45, 2.75) is 25.7 Å². The predicted molar refractivity (Wildman–Crippen MR) is 154 cm³/mol. The number of rotatable bonds is 12. The number of nitrogens with two attached hydrogens (primary N) is 1. The van der Waals surface area contributed by atoms with E-state index in [1.165, 1.54) is 49.7 Å². The molecule has 4 N–H and O–H groups in total. The molecule has 0 radical (unpaired) electrons. The number of benzene rings is 3. The van der Waals surface area contributed by atoms with Crippen LogP contribution in [0.3, 0.4) is 0 Å². The number of nitrogens with one attached hydrogen (secondary N) is 2. The van der Waals surface area contributed by atoms with Gasteiger partial charge in [0.1, 0.15) is 17.0 Å². The number of amides is 3. The molecule has 0 saturated heterocycles. The van der Waals surface area contributed by atoms with Crippen LogP contribution in [0, 0.1) is 17.0 Å². The highest BCUT2D eigenvalue weighted by atomic mass is 19.1. The van der Waals surface area contributed by atoms with E-state index in [1.54, 1.807) is 18.2 Å². The molecule has 3 aromatic carbocycles. The van der Waals surface area contributed by atoms with Gasteiger partial charge in [-0.15, -0.1) is 0 Å². The van der Waals surface area contributed by atoms with Crippen molar-refractivity contribution in [3.05, 3.63) is 78.5 Å². The van der Waals surface area contributed by atoms with Crippen molar-refractivity contribution in [3.8, 4) is 23.0 Å². The van der Waals surface area contributed by atoms with Gasteiger partial charge in [-0.25, -0.2) is 8.78 Å². The molecular formula is C31H28F2N4O6. The van der Waals surface area contributed by atoms with E-state index in [1.807, 2.05) is 0 Å². The summed E-state index contributed by atoms with van der Waals surface area (Å²) in [5.41, 5.74) is 4.89. The zero-order valence-electron chi connectivity index (χ0n) is 23.1. The molecule has 0 bridgehead atoms. The summed E-state index contributed by atoms with van der Waals surface area (Å²) >= 11 is 0. The molecule has 0 unspecified atom stereocenters. The van der Waals surface area contributed by atoms with Crippen molar-refractivity contribution in [3.63, 3.8) is 0 Å². The molecule has 1 aromatic heterocycles. The Bertz CT molecular complexity index is 1690. The molecule has 0 aliphatic heterocycles. The Labute approximate surface area is 245 Å². The lowest BCUT2D eigenvalue weighted by Gasteiger charge is -2.16. The summed E-state index contributed by atoms with van der Waals surface area (Å²) in [7, 11) is 1.47. The molecule has 10 nitrogen and oxygen atoms in total. The molecule has 1 saturated carbocycles. The van der Waals surface area contributed by atoms with Crippen molar-refractivity contribution in [2.75, 3.05) is 24.4 Å². The van der Waals surface area contributed by atoms with Gasteiger partial charge in [-0.05, 0) is 67.8 Å². The number of methoxy groups -OCH3 is 1. The lowest BCUT2D eigenvalue weighted by molar-refractivity contribution is -0.131. The molecule has 0 atom stereocenters. The topological polar surface area (TPSA) is 142 Å². The van der Waals surface area contributed by atoms with Crippen LogP contribution >= 0.6 is 0 Å². The second-order valence-corrected chi connectivity index (χ2v) is 9.99. The molecule has 43 heavy (non-hydrogen) atoms. The second kappa shape index (κ2) is 12.3. The van der Waals surface area contributed by atoms with Gasteiger partial charge in [0.05, 0.1) is 19.2 Å². The van der Waals surface area contributed by atoms with Crippen LogP contribution in [0.15, 0.2) is 66.9 Å². The van der Waals surface area contributed by atoms with Gasteiger partial charge in [-0.2, -0.15) is 0 Å². The molecule has 5 rings (SSSR count). The number of fused-ring (bicyclic) bond motifs is 1. The maximum atomic E-state index is 15.1. The van der Waals surface area contributed by atoms with Gasteiger partial charge in [-0.1, -0.05) is 0 Å². The summed E-state index contributed by atoms with van der Waals surface area (Å²) in [5.74, 6) is -1.70. The molecule has 0 spiro atoms. The molecule has 12 heteroatoms. The number of halogens is 2. The van der Waals surface area contributed by atoms with E-state index in [9.17, 15) is 18.8 Å². The molecule has 3 amide bonds. The zero-order valence-corrected chi connectivity index (χ0v) is 23.1. The highest BCUT2D eigenvalue weighted by Crippen LogP contribution is 2.47. The monoisotopic (exact) mass is 590 g/mol. The first-order chi connectivity index (χ1) is 20.7. The van der Waals surface area contributed by atoms with E-state index in [2.05, 4.69) is 15.6 Å². The van der Waals surface area contributed by atoms with E-state index in [-0.39, 0.29) is 24.5 Å². The van der Waals surface area contributed by atoms with E-state index in [0.717, 1.165) is 6.07 Å². The summed E-state index contributed by atoms with van der Waals surface area (Å²) in [6.07, 6.45) is 2.78. The second-order valence-electron chi connectivity index (χ2n) is 9.99. The van der Waals surface area contributed by atoms with E-state index in [0.29, 0.717) is 53.1 Å². The number of hydrogen-bond donors (Lipinski definition) is 3. The highest BCUT2D eigenvalue weighted by Gasteiger charge is 2.56. The fraction of sp³-hybridized carbons (Fsp3) is 0.226. The standard InChI is InChI=1S/C31H28F2N4O6/c1-41-26-16-21-23(17-27(26)42-14-2-3-28(34)38)35-13-10-24(21)43-25-9-8-20(15-22(25)33)37-30(40)31(11-12-31)29(39)36-19-6-4-18(32)5-7-19/h4-10,13,15-17H,2-3,11-12,14H2,1H3,(H2,34,38)(H,36,39)(H,37,40). The first-order valence-electron chi connectivity index (χ1n) is 13.4. The maximum Gasteiger partial charge on any atom is 0.240 e. The predicted octanol–water partition coefficient (Wildman–Crippen LogP) is 5.32. The Morgan fingerprint density at radius 3 is 2.23 bits per heavy atom. The van der Waals surface area contributed by atoms with Crippen LogP contribution in [0.4, 0.5) is 20.2 Å². The van der Waals surface area contributed by atoms with Crippen LogP contribution in [0.1, 0.15) is 25.7 Å². The van der Waals surface area contributed by atoms with Crippen molar-refractivity contribution < 1.29 is 37.4 Å². The summed E-state index contributed by atoms with van der Waals surface area (Å²) in [6, 6.07) is 14.0. The summed E-state index contributed by atoms with van der Waals surface area (Å²) in [4.78, 5) is 41.1. The van der Waals surface area contributed by atoms with Gasteiger partial charge in [0, 0.05) is 41.5 Å². The number of pyridine rings is 1. The van der Waals surface area contributed by atoms with Crippen molar-refractivity contribution in [1.82, 2.24) is 4.98 Å². The fourth-order valence-electron chi connectivity index (χ4n) is 4.42. The first-order valence-corrected chi connectivity index (χ1v) is 13.4. The van der Waals surface area contributed by atoms with Crippen molar-refractivity contribution >= 4 is 40.0 Å². The lowest BCUT2D eigenvalue weighted by atomic mass is 10.0. The van der Waals surface area contributed by atoms with Gasteiger partial charge < -0.3 is 30.6 Å². The van der Waals surface area contributed by atoms with Crippen LogP contribution in [0.2, 0.25) is 0 Å². The summed E-state index contributed by atoms with van der Waals surface area (Å²) in [6.45, 7) is 0.245. The summed E-state index contributed by atoms with van der Waals surface area (Å²) < 4.78 is 45.4. The Morgan fingerprint density at radius 1 is 0.884 bits per heavy atom. The number of hydrogen-bond acceptors (Lipinski definition) is 7. The van der Waals surface area contributed by atoms with Gasteiger partial charge in [0.15, 0.2) is 23.1 Å². The number of carbonyl (C=O) groups excluding carboxylic acids is 3. The fourth-order valence-corrected chi connectivity index (χ4v) is 4.42. The number of primary amides is 1. The van der Waals surface area contributed by atoms with Crippen molar-refractivity contribution in [2.24, 2.45) is 11.1 Å². The Kier molecular flexibility index (Phi) is 8.37. The maximum absolute atomic E-state index is 15.1. The van der Waals surface area contributed by atoms with E-state index >= 15 is 4.39 Å². The molecule has 1 aliphatic carbocycles. The van der Waals surface area contributed by atoms with Crippen LogP contribution in [-0.4, -0.2) is 36.4 Å². The SMILES string of the molecule is COc1cc2c(Oc3ccc(NC(=O)C4(C(=O)Nc5ccc(F)cc5)CC4)cc3F)ccnc2cc1OCCCC(N)=O. The lowest BCUT2D eigenvalue weighted by Crippen LogP contribution is -2.35. The molecule has 222 valence electrons. The van der Waals surface area contributed by atoms with Gasteiger partial charge in [0.2, 0.25) is 17.7 Å². The summed E-state index contributed by atoms with van der Waals surface area (Å²) in [5, 5.41) is 5.77. The number of nitrogens with zero attached hydrogens (tertiary/aromatic N) is 1. The number of carbonyl (C=O) groups is 3. The van der Waals surface area contributed by atoms with Gasteiger partial charge >= 0.3 is 0 Å². The average molecular weight is 591 g/mol. The largest absolute Gasteiger partial charge is 0.493 e. The van der Waals surface area contributed by atoms with Crippen molar-refractivity contribution in [1.29, 1.82) is 0 Å². The van der Waals surface area contributed by atoms with Gasteiger partial charge in [0.25, 0.3) is 0 Å². The smallest absolute Gasteiger partial charge is 0.240 e.